The van der Waals surface area contributed by atoms with Crippen molar-refractivity contribution in [3.63, 3.8) is 0 Å². The van der Waals surface area contributed by atoms with Crippen LogP contribution < -0.4 is 9.46 Å². The van der Waals surface area contributed by atoms with E-state index in [-0.39, 0.29) is 12.4 Å². The lowest BCUT2D eigenvalue weighted by atomic mass is 10.2. The molecule has 0 bridgehead atoms. The first-order chi connectivity index (χ1) is 9.49. The molecule has 1 aromatic rings. The van der Waals surface area contributed by atoms with Crippen molar-refractivity contribution < 1.29 is 22.5 Å². The number of ether oxygens (including phenoxy) is 1. The molecule has 0 radical (unpaired) electrons. The molecule has 0 aromatic carbocycles. The number of nitrogens with zero attached hydrogens (tertiary/aromatic N) is 1. The van der Waals surface area contributed by atoms with Crippen molar-refractivity contribution in [1.29, 1.82) is 0 Å². The van der Waals surface area contributed by atoms with Gasteiger partial charge in [0.15, 0.2) is 6.61 Å². The first kappa shape index (κ1) is 18.1. The van der Waals surface area contributed by atoms with E-state index in [1.54, 1.807) is 19.1 Å². The summed E-state index contributed by atoms with van der Waals surface area (Å²) < 4.78 is 55.3. The molecular formula is C13H19F3N2O2S. The molecule has 0 spiro atoms. The second-order valence-corrected chi connectivity index (χ2v) is 7.58. The van der Waals surface area contributed by atoms with Crippen LogP contribution in [0.1, 0.15) is 32.0 Å². The average Bonchev–Trinajstić information content (AvgIpc) is 2.33. The Morgan fingerprint density at radius 1 is 1.29 bits per heavy atom. The number of nitrogens with one attached hydrogen (secondary N) is 1. The van der Waals surface area contributed by atoms with Crippen molar-refractivity contribution in [1.82, 2.24) is 9.71 Å². The number of alkyl halides is 3. The number of rotatable bonds is 5. The number of aromatic nitrogens is 1. The predicted octanol–water partition coefficient (Wildman–Crippen LogP) is 2.88. The van der Waals surface area contributed by atoms with Gasteiger partial charge in [0.05, 0.1) is 12.2 Å². The van der Waals surface area contributed by atoms with Gasteiger partial charge < -0.3 is 9.29 Å². The van der Waals surface area contributed by atoms with Crippen molar-refractivity contribution in [2.45, 2.75) is 45.2 Å². The molecular weight excluding hydrogens is 305 g/mol. The van der Waals surface area contributed by atoms with E-state index in [4.69, 9.17) is 0 Å². The molecule has 0 saturated heterocycles. The Morgan fingerprint density at radius 2 is 1.90 bits per heavy atom. The van der Waals surface area contributed by atoms with Crippen molar-refractivity contribution >= 4 is 11.4 Å². The molecule has 0 saturated carbocycles. The highest BCUT2D eigenvalue weighted by atomic mass is 32.2. The molecule has 1 rings (SSSR count). The van der Waals surface area contributed by atoms with E-state index in [9.17, 15) is 17.7 Å². The van der Waals surface area contributed by atoms with Gasteiger partial charge in [-0.1, -0.05) is 6.07 Å². The Bertz CT molecular complexity index is 475. The molecule has 4 nitrogen and oxygen atoms in total. The first-order valence-corrected chi connectivity index (χ1v) is 7.45. The Balaban J connectivity index is 2.69. The van der Waals surface area contributed by atoms with E-state index >= 15 is 0 Å². The predicted molar refractivity (Wildman–Crippen MR) is 75.3 cm³/mol. The van der Waals surface area contributed by atoms with E-state index in [1.165, 1.54) is 0 Å². The highest BCUT2D eigenvalue weighted by molar-refractivity contribution is 7.90. The van der Waals surface area contributed by atoms with Gasteiger partial charge in [-0.15, -0.1) is 4.72 Å². The van der Waals surface area contributed by atoms with E-state index in [0.717, 1.165) is 0 Å². The summed E-state index contributed by atoms with van der Waals surface area (Å²) in [6.07, 6.45) is -4.41. The van der Waals surface area contributed by atoms with Gasteiger partial charge >= 0.3 is 6.18 Å². The summed E-state index contributed by atoms with van der Waals surface area (Å²) in [6.45, 7) is 5.87. The molecule has 0 fully saturated rings. The highest BCUT2D eigenvalue weighted by Crippen LogP contribution is 2.20. The SMILES string of the molecule is Cc1ccc(CN[S+]([O-])C(C)(C)C)nc1OCC(F)(F)F. The Labute approximate surface area is 125 Å². The van der Waals surface area contributed by atoms with E-state index < -0.39 is 28.9 Å². The maximum atomic E-state index is 12.2. The average molecular weight is 324 g/mol. The second kappa shape index (κ2) is 6.85. The number of halogens is 3. The molecule has 120 valence electrons. The number of hydrogen-bond acceptors (Lipinski definition) is 4. The third-order valence-corrected chi connectivity index (χ3v) is 3.94. The lowest BCUT2D eigenvalue weighted by molar-refractivity contribution is -0.154. The molecule has 0 aliphatic rings. The zero-order valence-corrected chi connectivity index (χ0v) is 13.2. The molecule has 21 heavy (non-hydrogen) atoms. The van der Waals surface area contributed by atoms with Crippen molar-refractivity contribution in [3.05, 3.63) is 23.4 Å². The van der Waals surface area contributed by atoms with Crippen molar-refractivity contribution in [2.24, 2.45) is 0 Å². The topological polar surface area (TPSA) is 57.2 Å². The van der Waals surface area contributed by atoms with E-state index in [1.807, 2.05) is 20.8 Å². The van der Waals surface area contributed by atoms with Gasteiger partial charge in [-0.2, -0.15) is 13.2 Å². The standard InChI is InChI=1S/C13H19F3N2O2S/c1-9-5-6-10(7-17-21(19)12(2,3)4)18-11(9)20-8-13(14,15)16/h5-6,17H,7-8H2,1-4H3. The molecule has 1 atom stereocenters. The minimum atomic E-state index is -4.41. The van der Waals surface area contributed by atoms with Crippen LogP contribution in [0.2, 0.25) is 0 Å². The molecule has 0 aliphatic carbocycles. The fourth-order valence-electron chi connectivity index (χ4n) is 1.30. The van der Waals surface area contributed by atoms with Crippen LogP contribution in [0.15, 0.2) is 12.1 Å². The van der Waals surface area contributed by atoms with E-state index in [2.05, 4.69) is 14.4 Å². The quantitative estimate of drug-likeness (QED) is 0.846. The summed E-state index contributed by atoms with van der Waals surface area (Å²) in [6, 6.07) is 3.28. The van der Waals surface area contributed by atoms with Crippen molar-refractivity contribution in [2.75, 3.05) is 6.61 Å². The number of aryl methyl sites for hydroxylation is 1. The Morgan fingerprint density at radius 3 is 2.43 bits per heavy atom. The summed E-state index contributed by atoms with van der Waals surface area (Å²) in [7, 11) is 0. The zero-order valence-electron chi connectivity index (χ0n) is 12.4. The van der Waals surface area contributed by atoms with Crippen LogP contribution in [0.5, 0.6) is 5.88 Å². The summed E-state index contributed by atoms with van der Waals surface area (Å²) in [5.74, 6) is -0.0619. The summed E-state index contributed by atoms with van der Waals surface area (Å²) in [4.78, 5) is 4.01. The van der Waals surface area contributed by atoms with Crippen LogP contribution in [-0.2, 0) is 17.9 Å². The van der Waals surface area contributed by atoms with Crippen LogP contribution in [0, 0.1) is 6.92 Å². The zero-order chi connectivity index (χ0) is 16.3. The van der Waals surface area contributed by atoms with Crippen LogP contribution in [0.4, 0.5) is 13.2 Å². The Kier molecular flexibility index (Phi) is 5.89. The van der Waals surface area contributed by atoms with Crippen LogP contribution >= 0.6 is 0 Å². The summed E-state index contributed by atoms with van der Waals surface area (Å²) in [5.41, 5.74) is 0.982. The molecule has 1 heterocycles. The summed E-state index contributed by atoms with van der Waals surface area (Å²) in [5, 5.41) is 0. The smallest absolute Gasteiger partial charge is 0.422 e. The largest absolute Gasteiger partial charge is 0.598 e. The van der Waals surface area contributed by atoms with Crippen molar-refractivity contribution in [3.8, 4) is 5.88 Å². The van der Waals surface area contributed by atoms with E-state index in [0.29, 0.717) is 11.3 Å². The normalized spacial score (nSPS) is 14.1. The van der Waals surface area contributed by atoms with Gasteiger partial charge in [0.1, 0.15) is 4.75 Å². The lowest BCUT2D eigenvalue weighted by Crippen LogP contribution is -2.39. The van der Waals surface area contributed by atoms with Crippen LogP contribution in [-0.4, -0.2) is 27.1 Å². The molecule has 1 aromatic heterocycles. The monoisotopic (exact) mass is 324 g/mol. The molecule has 1 N–H and O–H groups in total. The number of pyridine rings is 1. The summed E-state index contributed by atoms with van der Waals surface area (Å²) >= 11 is -1.28. The van der Waals surface area contributed by atoms with Gasteiger partial charge in [0.2, 0.25) is 5.88 Å². The number of hydrogen-bond donors (Lipinski definition) is 1. The molecule has 0 amide bonds. The van der Waals surface area contributed by atoms with Gasteiger partial charge in [0.25, 0.3) is 0 Å². The first-order valence-electron chi connectivity index (χ1n) is 6.30. The molecule has 0 aliphatic heterocycles. The van der Waals surface area contributed by atoms with Gasteiger partial charge in [0, 0.05) is 16.9 Å². The lowest BCUT2D eigenvalue weighted by Gasteiger charge is -2.23. The third kappa shape index (κ3) is 6.54. The fourth-order valence-corrected chi connectivity index (χ4v) is 2.01. The van der Waals surface area contributed by atoms with Gasteiger partial charge in [-0.25, -0.2) is 4.98 Å². The second-order valence-electron chi connectivity index (χ2n) is 5.53. The maximum Gasteiger partial charge on any atom is 0.422 e. The highest BCUT2D eigenvalue weighted by Gasteiger charge is 2.29. The van der Waals surface area contributed by atoms with Crippen LogP contribution in [0.25, 0.3) is 0 Å². The van der Waals surface area contributed by atoms with Crippen LogP contribution in [0.3, 0.4) is 0 Å². The van der Waals surface area contributed by atoms with Gasteiger partial charge in [-0.05, 0) is 33.8 Å². The Hall–Kier alpha value is -0.990. The van der Waals surface area contributed by atoms with Gasteiger partial charge in [-0.3, -0.25) is 0 Å². The minimum Gasteiger partial charge on any atom is -0.598 e. The third-order valence-electron chi connectivity index (χ3n) is 2.42. The maximum absolute atomic E-state index is 12.2. The molecule has 8 heteroatoms. The fraction of sp³-hybridized carbons (Fsp3) is 0.615. The minimum absolute atomic E-state index is 0.0619. The molecule has 1 unspecified atom stereocenters.